The van der Waals surface area contributed by atoms with Crippen molar-refractivity contribution in [1.82, 2.24) is 0 Å². The molecule has 1 aromatic rings. The first-order valence-electron chi connectivity index (χ1n) is 5.82. The zero-order valence-electron chi connectivity index (χ0n) is 11.1. The Kier molecular flexibility index (Phi) is 5.74. The van der Waals surface area contributed by atoms with Crippen molar-refractivity contribution >= 4 is 0 Å². The molecule has 18 heavy (non-hydrogen) atoms. The Hall–Kier alpha value is -1.46. The Morgan fingerprint density at radius 2 is 1.67 bits per heavy atom. The Bertz CT molecular complexity index is 356. The molecule has 0 aliphatic rings. The van der Waals surface area contributed by atoms with Gasteiger partial charge in [0, 0.05) is 30.2 Å². The van der Waals surface area contributed by atoms with E-state index < -0.39 is 0 Å². The number of nitrogens with two attached hydrogens (primary N) is 1. The topological polar surface area (TPSA) is 73.9 Å². The lowest BCUT2D eigenvalue weighted by Crippen LogP contribution is -2.16. The largest absolute Gasteiger partial charge is 0.496 e. The van der Waals surface area contributed by atoms with E-state index in [-0.39, 0.29) is 12.5 Å². The van der Waals surface area contributed by atoms with Crippen LogP contribution in [-0.2, 0) is 0 Å². The first-order valence-corrected chi connectivity index (χ1v) is 5.82. The number of hydrogen-bond acceptors (Lipinski definition) is 5. The van der Waals surface area contributed by atoms with Crippen LogP contribution in [0, 0.1) is 0 Å². The van der Waals surface area contributed by atoms with Crippen LogP contribution in [0.15, 0.2) is 12.1 Å². The maximum absolute atomic E-state index is 9.10. The van der Waals surface area contributed by atoms with Crippen molar-refractivity contribution in [1.29, 1.82) is 0 Å². The third-order valence-corrected chi connectivity index (χ3v) is 2.92. The summed E-state index contributed by atoms with van der Waals surface area (Å²) < 4.78 is 15.9. The molecule has 0 aromatic heterocycles. The Balaban J connectivity index is 3.28. The average molecular weight is 255 g/mol. The van der Waals surface area contributed by atoms with Crippen molar-refractivity contribution in [3.63, 3.8) is 0 Å². The van der Waals surface area contributed by atoms with Crippen LogP contribution >= 0.6 is 0 Å². The minimum atomic E-state index is -0.00851. The van der Waals surface area contributed by atoms with E-state index in [1.54, 1.807) is 33.5 Å². The van der Waals surface area contributed by atoms with E-state index in [4.69, 9.17) is 25.1 Å². The van der Waals surface area contributed by atoms with Crippen LogP contribution in [0.3, 0.4) is 0 Å². The standard InChI is InChI=1S/C13H21NO4/c1-16-10-6-11(17-2)13(12(7-10)18-3)9(8-14)4-5-15/h6-7,9,15H,4-5,8,14H2,1-3H3. The van der Waals surface area contributed by atoms with Crippen molar-refractivity contribution in [2.24, 2.45) is 5.73 Å². The molecule has 0 aliphatic carbocycles. The number of aliphatic hydroxyl groups excluding tert-OH is 1. The molecule has 0 amide bonds. The number of aliphatic hydroxyl groups is 1. The molecule has 1 unspecified atom stereocenters. The SMILES string of the molecule is COc1cc(OC)c(C(CN)CCO)c(OC)c1. The summed E-state index contributed by atoms with van der Waals surface area (Å²) in [5, 5.41) is 9.10. The van der Waals surface area contributed by atoms with Gasteiger partial charge in [0.15, 0.2) is 0 Å². The van der Waals surface area contributed by atoms with Crippen LogP contribution in [-0.4, -0.2) is 39.6 Å². The molecule has 0 spiro atoms. The molecule has 0 heterocycles. The van der Waals surface area contributed by atoms with Gasteiger partial charge in [-0.15, -0.1) is 0 Å². The van der Waals surface area contributed by atoms with Gasteiger partial charge in [0.1, 0.15) is 17.2 Å². The summed E-state index contributed by atoms with van der Waals surface area (Å²) in [7, 11) is 4.76. The molecule has 1 aromatic carbocycles. The fraction of sp³-hybridized carbons (Fsp3) is 0.538. The van der Waals surface area contributed by atoms with Crippen molar-refractivity contribution in [3.8, 4) is 17.2 Å². The number of ether oxygens (including phenoxy) is 3. The molecular formula is C13H21NO4. The first-order chi connectivity index (χ1) is 8.71. The van der Waals surface area contributed by atoms with E-state index in [1.807, 2.05) is 0 Å². The molecule has 1 rings (SSSR count). The van der Waals surface area contributed by atoms with Crippen molar-refractivity contribution in [3.05, 3.63) is 17.7 Å². The van der Waals surface area contributed by atoms with E-state index in [1.165, 1.54) is 0 Å². The Labute approximate surface area is 107 Å². The van der Waals surface area contributed by atoms with Gasteiger partial charge in [0.05, 0.1) is 21.3 Å². The third-order valence-electron chi connectivity index (χ3n) is 2.92. The van der Waals surface area contributed by atoms with Gasteiger partial charge in [-0.2, -0.15) is 0 Å². The van der Waals surface area contributed by atoms with Gasteiger partial charge >= 0.3 is 0 Å². The van der Waals surface area contributed by atoms with Crippen LogP contribution in [0.5, 0.6) is 17.2 Å². The van der Waals surface area contributed by atoms with Crippen LogP contribution < -0.4 is 19.9 Å². The summed E-state index contributed by atoms with van der Waals surface area (Å²) >= 11 is 0. The van der Waals surface area contributed by atoms with Gasteiger partial charge < -0.3 is 25.1 Å². The summed E-state index contributed by atoms with van der Waals surface area (Å²) in [6.07, 6.45) is 0.565. The monoisotopic (exact) mass is 255 g/mol. The van der Waals surface area contributed by atoms with E-state index >= 15 is 0 Å². The van der Waals surface area contributed by atoms with Crippen LogP contribution in [0.1, 0.15) is 17.9 Å². The molecule has 0 bridgehead atoms. The number of hydrogen-bond donors (Lipinski definition) is 2. The number of rotatable bonds is 7. The normalized spacial score (nSPS) is 12.1. The van der Waals surface area contributed by atoms with Gasteiger partial charge in [-0.25, -0.2) is 0 Å². The molecule has 0 aliphatic heterocycles. The molecule has 0 radical (unpaired) electrons. The van der Waals surface area contributed by atoms with E-state index in [0.29, 0.717) is 30.2 Å². The number of benzene rings is 1. The highest BCUT2D eigenvalue weighted by atomic mass is 16.5. The molecule has 5 heteroatoms. The van der Waals surface area contributed by atoms with Crippen molar-refractivity contribution in [2.45, 2.75) is 12.3 Å². The van der Waals surface area contributed by atoms with Crippen molar-refractivity contribution < 1.29 is 19.3 Å². The highest BCUT2D eigenvalue weighted by molar-refractivity contribution is 5.52. The third kappa shape index (κ3) is 3.05. The van der Waals surface area contributed by atoms with Gasteiger partial charge in [0.25, 0.3) is 0 Å². The van der Waals surface area contributed by atoms with E-state index in [0.717, 1.165) is 5.56 Å². The van der Waals surface area contributed by atoms with Gasteiger partial charge in [-0.05, 0) is 13.0 Å². The fourth-order valence-electron chi connectivity index (χ4n) is 1.97. The highest BCUT2D eigenvalue weighted by Gasteiger charge is 2.21. The predicted octanol–water partition coefficient (Wildman–Crippen LogP) is 1.14. The second-order valence-electron chi connectivity index (χ2n) is 3.89. The summed E-state index contributed by atoms with van der Waals surface area (Å²) in [6, 6.07) is 3.58. The van der Waals surface area contributed by atoms with Gasteiger partial charge in [0.2, 0.25) is 0 Å². The minimum Gasteiger partial charge on any atom is -0.496 e. The second kappa shape index (κ2) is 7.08. The highest BCUT2D eigenvalue weighted by Crippen LogP contribution is 2.39. The summed E-state index contributed by atoms with van der Waals surface area (Å²) in [5.41, 5.74) is 6.63. The lowest BCUT2D eigenvalue weighted by atomic mass is 9.94. The zero-order valence-corrected chi connectivity index (χ0v) is 11.1. The van der Waals surface area contributed by atoms with Gasteiger partial charge in [-0.1, -0.05) is 0 Å². The smallest absolute Gasteiger partial charge is 0.129 e. The fourth-order valence-corrected chi connectivity index (χ4v) is 1.97. The molecule has 1 atom stereocenters. The summed E-state index contributed by atoms with van der Waals surface area (Å²) in [4.78, 5) is 0. The zero-order chi connectivity index (χ0) is 13.5. The lowest BCUT2D eigenvalue weighted by Gasteiger charge is -2.21. The van der Waals surface area contributed by atoms with Gasteiger partial charge in [-0.3, -0.25) is 0 Å². The molecule has 3 N–H and O–H groups in total. The number of methoxy groups -OCH3 is 3. The molecule has 102 valence electrons. The van der Waals surface area contributed by atoms with Crippen LogP contribution in [0.2, 0.25) is 0 Å². The molecule has 0 fully saturated rings. The Morgan fingerprint density at radius 1 is 1.11 bits per heavy atom. The van der Waals surface area contributed by atoms with Crippen LogP contribution in [0.4, 0.5) is 0 Å². The first kappa shape index (κ1) is 14.6. The maximum Gasteiger partial charge on any atom is 0.129 e. The quantitative estimate of drug-likeness (QED) is 0.764. The van der Waals surface area contributed by atoms with Crippen molar-refractivity contribution in [2.75, 3.05) is 34.5 Å². The lowest BCUT2D eigenvalue weighted by molar-refractivity contribution is 0.272. The van der Waals surface area contributed by atoms with E-state index in [2.05, 4.69) is 0 Å². The molecule has 0 saturated carbocycles. The summed E-state index contributed by atoms with van der Waals surface area (Å²) in [5.74, 6) is 1.98. The molecule has 5 nitrogen and oxygen atoms in total. The average Bonchev–Trinajstić information content (AvgIpc) is 2.43. The molecular weight excluding hydrogens is 234 g/mol. The van der Waals surface area contributed by atoms with E-state index in [9.17, 15) is 0 Å². The maximum atomic E-state index is 9.10. The Morgan fingerprint density at radius 3 is 2.00 bits per heavy atom. The summed E-state index contributed by atoms with van der Waals surface area (Å²) in [6.45, 7) is 0.486. The minimum absolute atomic E-state index is 0.00851. The van der Waals surface area contributed by atoms with Crippen LogP contribution in [0.25, 0.3) is 0 Å². The molecule has 0 saturated heterocycles. The second-order valence-corrected chi connectivity index (χ2v) is 3.89. The predicted molar refractivity (Wildman–Crippen MR) is 69.6 cm³/mol.